The third-order valence-corrected chi connectivity index (χ3v) is 4.23. The quantitative estimate of drug-likeness (QED) is 0.646. The van der Waals surface area contributed by atoms with E-state index in [-0.39, 0.29) is 5.91 Å². The van der Waals surface area contributed by atoms with Crippen molar-refractivity contribution in [1.29, 1.82) is 0 Å². The van der Waals surface area contributed by atoms with Gasteiger partial charge in [-0.3, -0.25) is 4.79 Å². The highest BCUT2D eigenvalue weighted by atomic mass is 16.5. The van der Waals surface area contributed by atoms with Gasteiger partial charge in [-0.05, 0) is 69.2 Å². The number of nitrogens with zero attached hydrogens (tertiary/aromatic N) is 2. The number of aryl methyl sites for hydroxylation is 3. The van der Waals surface area contributed by atoms with E-state index in [1.54, 1.807) is 12.3 Å². The van der Waals surface area contributed by atoms with Crippen LogP contribution < -0.4 is 15.4 Å². The van der Waals surface area contributed by atoms with Crippen molar-refractivity contribution in [2.45, 2.75) is 27.7 Å². The van der Waals surface area contributed by atoms with Crippen LogP contribution in [0.5, 0.6) is 5.75 Å². The van der Waals surface area contributed by atoms with Crippen molar-refractivity contribution < 1.29 is 9.53 Å². The molecule has 0 spiro atoms. The molecule has 0 fully saturated rings. The SMILES string of the molecule is CCOc1ccc(Nc2nccc(C(=O)Nc3c(C)cc(C)cc3C)n2)cc1. The van der Waals surface area contributed by atoms with Gasteiger partial charge in [0.2, 0.25) is 5.95 Å². The van der Waals surface area contributed by atoms with Gasteiger partial charge in [0.25, 0.3) is 5.91 Å². The third kappa shape index (κ3) is 4.65. The Morgan fingerprint density at radius 1 is 1.04 bits per heavy atom. The Morgan fingerprint density at radius 2 is 1.71 bits per heavy atom. The van der Waals surface area contributed by atoms with E-state index in [1.807, 2.05) is 64.1 Å². The van der Waals surface area contributed by atoms with Crippen molar-refractivity contribution in [3.8, 4) is 5.75 Å². The number of ether oxygens (including phenoxy) is 1. The zero-order valence-corrected chi connectivity index (χ0v) is 16.5. The van der Waals surface area contributed by atoms with E-state index in [9.17, 15) is 4.79 Å². The van der Waals surface area contributed by atoms with Gasteiger partial charge in [0.15, 0.2) is 0 Å². The van der Waals surface area contributed by atoms with Gasteiger partial charge in [0.05, 0.1) is 6.61 Å². The summed E-state index contributed by atoms with van der Waals surface area (Å²) in [4.78, 5) is 21.2. The number of anilines is 3. The minimum absolute atomic E-state index is 0.271. The number of rotatable bonds is 6. The van der Waals surface area contributed by atoms with Gasteiger partial charge < -0.3 is 15.4 Å². The Morgan fingerprint density at radius 3 is 2.36 bits per heavy atom. The second kappa shape index (κ2) is 8.52. The number of hydrogen-bond donors (Lipinski definition) is 2. The van der Waals surface area contributed by atoms with Crippen LogP contribution in [0.2, 0.25) is 0 Å². The average Bonchev–Trinajstić information content (AvgIpc) is 2.66. The first-order valence-corrected chi connectivity index (χ1v) is 9.18. The Bertz CT molecular complexity index is 961. The molecule has 1 aromatic heterocycles. The van der Waals surface area contributed by atoms with Crippen LogP contribution in [0.4, 0.5) is 17.3 Å². The molecular weight excluding hydrogens is 352 g/mol. The number of benzene rings is 2. The maximum absolute atomic E-state index is 12.7. The number of amides is 1. The zero-order chi connectivity index (χ0) is 20.1. The maximum Gasteiger partial charge on any atom is 0.274 e. The summed E-state index contributed by atoms with van der Waals surface area (Å²) in [6.07, 6.45) is 1.56. The van der Waals surface area contributed by atoms with Crippen molar-refractivity contribution in [2.24, 2.45) is 0 Å². The molecule has 0 saturated carbocycles. The molecule has 1 heterocycles. The van der Waals surface area contributed by atoms with Crippen LogP contribution in [-0.2, 0) is 0 Å². The Hall–Kier alpha value is -3.41. The van der Waals surface area contributed by atoms with Crippen LogP contribution in [0, 0.1) is 20.8 Å². The van der Waals surface area contributed by atoms with E-state index in [4.69, 9.17) is 4.74 Å². The van der Waals surface area contributed by atoms with Crippen LogP contribution in [0.25, 0.3) is 0 Å². The fourth-order valence-electron chi connectivity index (χ4n) is 3.03. The molecule has 0 aliphatic rings. The standard InChI is InChI=1S/C22H24N4O2/c1-5-28-18-8-6-17(7-9-18)24-22-23-11-10-19(25-22)21(27)26-20-15(3)12-14(2)13-16(20)4/h6-13H,5H2,1-4H3,(H,26,27)(H,23,24,25). The van der Waals surface area contributed by atoms with Gasteiger partial charge in [-0.15, -0.1) is 0 Å². The van der Waals surface area contributed by atoms with Gasteiger partial charge in [-0.2, -0.15) is 0 Å². The Labute approximate surface area is 165 Å². The molecule has 0 bridgehead atoms. The minimum Gasteiger partial charge on any atom is -0.494 e. The van der Waals surface area contributed by atoms with E-state index in [0.717, 1.165) is 33.8 Å². The largest absolute Gasteiger partial charge is 0.494 e. The summed E-state index contributed by atoms with van der Waals surface area (Å²) < 4.78 is 5.43. The molecule has 6 nitrogen and oxygen atoms in total. The smallest absolute Gasteiger partial charge is 0.274 e. The molecule has 1 amide bonds. The zero-order valence-electron chi connectivity index (χ0n) is 16.5. The number of aromatic nitrogens is 2. The lowest BCUT2D eigenvalue weighted by atomic mass is 10.1. The minimum atomic E-state index is -0.271. The molecule has 0 radical (unpaired) electrons. The lowest BCUT2D eigenvalue weighted by Gasteiger charge is -2.13. The molecule has 28 heavy (non-hydrogen) atoms. The number of carbonyl (C=O) groups excluding carboxylic acids is 1. The van der Waals surface area contributed by atoms with Crippen LogP contribution in [0.3, 0.4) is 0 Å². The molecule has 0 saturated heterocycles. The molecule has 2 N–H and O–H groups in total. The highest BCUT2D eigenvalue weighted by Crippen LogP contribution is 2.23. The molecule has 0 aliphatic heterocycles. The summed E-state index contributed by atoms with van der Waals surface area (Å²) >= 11 is 0. The van der Waals surface area contributed by atoms with E-state index < -0.39 is 0 Å². The van der Waals surface area contributed by atoms with Gasteiger partial charge in [-0.1, -0.05) is 17.7 Å². The average molecular weight is 376 g/mol. The summed E-state index contributed by atoms with van der Waals surface area (Å²) in [6, 6.07) is 13.2. The fourth-order valence-corrected chi connectivity index (χ4v) is 3.03. The third-order valence-electron chi connectivity index (χ3n) is 4.23. The van der Waals surface area contributed by atoms with Crippen LogP contribution in [0.1, 0.15) is 34.1 Å². The van der Waals surface area contributed by atoms with E-state index in [2.05, 4.69) is 20.6 Å². The van der Waals surface area contributed by atoms with Crippen molar-refractivity contribution in [3.63, 3.8) is 0 Å². The Kier molecular flexibility index (Phi) is 5.89. The van der Waals surface area contributed by atoms with Gasteiger partial charge in [0, 0.05) is 17.6 Å². The number of nitrogens with one attached hydrogen (secondary N) is 2. The summed E-state index contributed by atoms with van der Waals surface area (Å²) in [5.41, 5.74) is 5.13. The number of hydrogen-bond acceptors (Lipinski definition) is 5. The van der Waals surface area contributed by atoms with E-state index in [0.29, 0.717) is 18.2 Å². The highest BCUT2D eigenvalue weighted by molar-refractivity contribution is 6.03. The molecule has 0 unspecified atom stereocenters. The maximum atomic E-state index is 12.7. The first kappa shape index (κ1) is 19.4. The van der Waals surface area contributed by atoms with Crippen molar-refractivity contribution >= 4 is 23.2 Å². The number of carbonyl (C=O) groups is 1. The van der Waals surface area contributed by atoms with Crippen molar-refractivity contribution in [3.05, 3.63) is 71.0 Å². The van der Waals surface area contributed by atoms with Crippen LogP contribution in [0.15, 0.2) is 48.7 Å². The molecule has 6 heteroatoms. The molecule has 2 aromatic carbocycles. The molecule has 0 atom stereocenters. The lowest BCUT2D eigenvalue weighted by Crippen LogP contribution is -2.16. The second-order valence-corrected chi connectivity index (χ2v) is 6.58. The van der Waals surface area contributed by atoms with E-state index >= 15 is 0 Å². The van der Waals surface area contributed by atoms with Gasteiger partial charge >= 0.3 is 0 Å². The summed E-state index contributed by atoms with van der Waals surface area (Å²) in [5, 5.41) is 6.07. The summed E-state index contributed by atoms with van der Waals surface area (Å²) in [7, 11) is 0. The van der Waals surface area contributed by atoms with Gasteiger partial charge in [-0.25, -0.2) is 9.97 Å². The molecule has 3 aromatic rings. The first-order valence-electron chi connectivity index (χ1n) is 9.18. The van der Waals surface area contributed by atoms with Crippen molar-refractivity contribution in [2.75, 3.05) is 17.2 Å². The highest BCUT2D eigenvalue weighted by Gasteiger charge is 2.13. The van der Waals surface area contributed by atoms with Crippen LogP contribution in [-0.4, -0.2) is 22.5 Å². The Balaban J connectivity index is 1.74. The van der Waals surface area contributed by atoms with E-state index in [1.165, 1.54) is 0 Å². The van der Waals surface area contributed by atoms with Gasteiger partial charge in [0.1, 0.15) is 11.4 Å². The summed E-state index contributed by atoms with van der Waals surface area (Å²) in [5.74, 6) is 0.882. The molecular formula is C22H24N4O2. The second-order valence-electron chi connectivity index (χ2n) is 6.58. The topological polar surface area (TPSA) is 76.1 Å². The molecule has 144 valence electrons. The van der Waals surface area contributed by atoms with Crippen LogP contribution >= 0.6 is 0 Å². The molecule has 3 rings (SSSR count). The fraction of sp³-hybridized carbons (Fsp3) is 0.227. The first-order chi connectivity index (χ1) is 13.5. The summed E-state index contributed by atoms with van der Waals surface area (Å²) in [6.45, 7) is 8.56. The monoisotopic (exact) mass is 376 g/mol. The normalized spacial score (nSPS) is 10.4. The van der Waals surface area contributed by atoms with Crippen molar-refractivity contribution in [1.82, 2.24) is 9.97 Å². The predicted octanol–water partition coefficient (Wildman–Crippen LogP) is 4.80. The lowest BCUT2D eigenvalue weighted by molar-refractivity contribution is 0.102. The predicted molar refractivity (Wildman–Crippen MR) is 112 cm³/mol. The molecule has 0 aliphatic carbocycles.